The molecule has 4 rings (SSSR count). The van der Waals surface area contributed by atoms with Crippen molar-refractivity contribution < 1.29 is 18.7 Å². The number of anilines is 1. The third-order valence-corrected chi connectivity index (χ3v) is 5.42. The number of hydrogen-bond donors (Lipinski definition) is 1. The summed E-state index contributed by atoms with van der Waals surface area (Å²) in [7, 11) is 3.34. The molecule has 1 amide bonds. The van der Waals surface area contributed by atoms with E-state index in [1.54, 1.807) is 37.2 Å². The second-order valence-electron chi connectivity index (χ2n) is 7.27. The smallest absolute Gasteiger partial charge is 0.253 e. The molecular weight excluding hydrogens is 405 g/mol. The maximum Gasteiger partial charge on any atom is 0.253 e. The van der Waals surface area contributed by atoms with Crippen LogP contribution in [-0.4, -0.2) is 43.2 Å². The molecule has 8 heteroatoms. The van der Waals surface area contributed by atoms with E-state index in [9.17, 15) is 9.18 Å². The van der Waals surface area contributed by atoms with Gasteiger partial charge in [-0.3, -0.25) is 9.69 Å². The van der Waals surface area contributed by atoms with E-state index in [1.165, 1.54) is 11.0 Å². The van der Waals surface area contributed by atoms with Crippen LogP contribution in [0, 0.1) is 5.82 Å². The molecule has 0 spiro atoms. The van der Waals surface area contributed by atoms with Gasteiger partial charge in [0.25, 0.3) is 5.91 Å². The number of hydrogen-bond acceptors (Lipinski definition) is 4. The molecule has 0 bridgehead atoms. The molecule has 2 heterocycles. The van der Waals surface area contributed by atoms with Crippen LogP contribution in [0.25, 0.3) is 0 Å². The first-order valence-corrected chi connectivity index (χ1v) is 9.96. The summed E-state index contributed by atoms with van der Waals surface area (Å²) >= 11 is 5.63. The van der Waals surface area contributed by atoms with Gasteiger partial charge in [0.2, 0.25) is 0 Å². The number of benzene rings is 2. The van der Waals surface area contributed by atoms with Gasteiger partial charge < -0.3 is 19.7 Å². The monoisotopic (exact) mass is 427 g/mol. The highest BCUT2D eigenvalue weighted by atomic mass is 32.1. The first-order chi connectivity index (χ1) is 14.4. The lowest BCUT2D eigenvalue weighted by atomic mass is 9.93. The maximum absolute atomic E-state index is 14.6. The van der Waals surface area contributed by atoms with Gasteiger partial charge >= 0.3 is 0 Å². The second-order valence-corrected chi connectivity index (χ2v) is 7.65. The molecule has 0 radical (unpaired) electrons. The van der Waals surface area contributed by atoms with E-state index in [0.29, 0.717) is 46.7 Å². The Kier molecular flexibility index (Phi) is 5.34. The van der Waals surface area contributed by atoms with E-state index < -0.39 is 11.9 Å². The second kappa shape index (κ2) is 7.95. The van der Waals surface area contributed by atoms with E-state index in [2.05, 4.69) is 5.32 Å². The highest BCUT2D eigenvalue weighted by Gasteiger charge is 2.36. The number of amides is 1. The number of thiocarbonyl (C=S) groups is 1. The Labute approximate surface area is 179 Å². The molecule has 1 unspecified atom stereocenters. The summed E-state index contributed by atoms with van der Waals surface area (Å²) in [4.78, 5) is 16.4. The topological polar surface area (TPSA) is 54.0 Å². The molecule has 1 N–H and O–H groups in total. The molecule has 0 aromatic heterocycles. The standard InChI is InChI=1S/C22H22FN3O3S/c1-13-19(21(27)25(2)3)20(15-6-4-5-7-16(15)23)24-22(30)26(13)14-8-9-17-18(12-14)29-11-10-28-17/h4-9,12,20H,10-11H2,1-3H3,(H,24,30). The Morgan fingerprint density at radius 2 is 1.87 bits per heavy atom. The quantitative estimate of drug-likeness (QED) is 0.758. The van der Waals surface area contributed by atoms with Gasteiger partial charge in [-0.15, -0.1) is 0 Å². The van der Waals surface area contributed by atoms with E-state index in [1.807, 2.05) is 25.1 Å². The van der Waals surface area contributed by atoms with Crippen LogP contribution in [0.4, 0.5) is 10.1 Å². The van der Waals surface area contributed by atoms with Crippen LogP contribution in [0.3, 0.4) is 0 Å². The first-order valence-electron chi connectivity index (χ1n) is 9.55. The highest BCUT2D eigenvalue weighted by molar-refractivity contribution is 7.80. The van der Waals surface area contributed by atoms with Gasteiger partial charge in [-0.2, -0.15) is 0 Å². The zero-order valence-electron chi connectivity index (χ0n) is 16.9. The summed E-state index contributed by atoms with van der Waals surface area (Å²) in [5.41, 5.74) is 2.15. The normalized spacial score (nSPS) is 18.2. The van der Waals surface area contributed by atoms with Gasteiger partial charge in [0.05, 0.1) is 17.3 Å². The number of likely N-dealkylation sites (N-methyl/N-ethyl adjacent to an activating group) is 1. The molecule has 0 saturated heterocycles. The van der Waals surface area contributed by atoms with E-state index in [0.717, 1.165) is 5.69 Å². The van der Waals surface area contributed by atoms with Crippen molar-refractivity contribution in [2.45, 2.75) is 13.0 Å². The minimum Gasteiger partial charge on any atom is -0.486 e. The highest BCUT2D eigenvalue weighted by Crippen LogP contribution is 2.39. The van der Waals surface area contributed by atoms with Crippen LogP contribution in [0.1, 0.15) is 18.5 Å². The lowest BCUT2D eigenvalue weighted by molar-refractivity contribution is -0.125. The Morgan fingerprint density at radius 3 is 2.57 bits per heavy atom. The van der Waals surface area contributed by atoms with E-state index >= 15 is 0 Å². The van der Waals surface area contributed by atoms with Crippen molar-refractivity contribution >= 4 is 28.9 Å². The minimum absolute atomic E-state index is 0.224. The van der Waals surface area contributed by atoms with Gasteiger partial charge in [0, 0.05) is 31.4 Å². The summed E-state index contributed by atoms with van der Waals surface area (Å²) in [6.07, 6.45) is 0. The average molecular weight is 428 g/mol. The van der Waals surface area contributed by atoms with Crippen LogP contribution in [0.2, 0.25) is 0 Å². The van der Waals surface area contributed by atoms with Gasteiger partial charge in [-0.05, 0) is 37.3 Å². The molecule has 0 aliphatic carbocycles. The predicted molar refractivity (Wildman–Crippen MR) is 116 cm³/mol. The third-order valence-electron chi connectivity index (χ3n) is 5.12. The van der Waals surface area contributed by atoms with Crippen LogP contribution in [0.5, 0.6) is 11.5 Å². The fourth-order valence-electron chi connectivity index (χ4n) is 3.69. The predicted octanol–water partition coefficient (Wildman–Crippen LogP) is 3.39. The number of carbonyl (C=O) groups is 1. The largest absolute Gasteiger partial charge is 0.486 e. The first kappa shape index (κ1) is 20.2. The molecule has 0 saturated carbocycles. The lowest BCUT2D eigenvalue weighted by Crippen LogP contribution is -2.49. The number of carbonyl (C=O) groups excluding carboxylic acids is 1. The van der Waals surface area contributed by atoms with Gasteiger partial charge in [0.1, 0.15) is 19.0 Å². The van der Waals surface area contributed by atoms with Crippen molar-refractivity contribution in [2.24, 2.45) is 0 Å². The summed E-state index contributed by atoms with van der Waals surface area (Å²) in [5.74, 6) is 0.656. The summed E-state index contributed by atoms with van der Waals surface area (Å²) in [5, 5.41) is 3.53. The number of allylic oxidation sites excluding steroid dienone is 1. The van der Waals surface area contributed by atoms with Crippen molar-refractivity contribution in [1.29, 1.82) is 0 Å². The van der Waals surface area contributed by atoms with Gasteiger partial charge in [0.15, 0.2) is 16.6 Å². The number of nitrogens with one attached hydrogen (secondary N) is 1. The lowest BCUT2D eigenvalue weighted by Gasteiger charge is -2.38. The fourth-order valence-corrected chi connectivity index (χ4v) is 4.05. The molecular formula is C22H22FN3O3S. The maximum atomic E-state index is 14.6. The van der Waals surface area contributed by atoms with Crippen LogP contribution < -0.4 is 19.7 Å². The van der Waals surface area contributed by atoms with E-state index in [-0.39, 0.29) is 5.91 Å². The van der Waals surface area contributed by atoms with Crippen molar-refractivity contribution in [3.8, 4) is 11.5 Å². The molecule has 2 aromatic rings. The Balaban J connectivity index is 1.84. The van der Waals surface area contributed by atoms with Crippen molar-refractivity contribution in [2.75, 3.05) is 32.2 Å². The number of halogens is 1. The van der Waals surface area contributed by atoms with E-state index in [4.69, 9.17) is 21.7 Å². The fraction of sp³-hybridized carbons (Fsp3) is 0.273. The van der Waals surface area contributed by atoms with Crippen molar-refractivity contribution in [3.63, 3.8) is 0 Å². The van der Waals surface area contributed by atoms with Crippen LogP contribution in [0.15, 0.2) is 53.7 Å². The summed E-state index contributed by atoms with van der Waals surface area (Å²) < 4.78 is 25.9. The molecule has 0 fully saturated rings. The molecule has 2 aliphatic rings. The third kappa shape index (κ3) is 3.47. The number of fused-ring (bicyclic) bond motifs is 1. The summed E-state index contributed by atoms with van der Waals surface area (Å²) in [6, 6.07) is 11.2. The molecule has 30 heavy (non-hydrogen) atoms. The van der Waals surface area contributed by atoms with Crippen molar-refractivity contribution in [3.05, 3.63) is 65.1 Å². The van der Waals surface area contributed by atoms with Crippen LogP contribution >= 0.6 is 12.2 Å². The van der Waals surface area contributed by atoms with Gasteiger partial charge in [-0.25, -0.2) is 4.39 Å². The van der Waals surface area contributed by atoms with Crippen LogP contribution in [-0.2, 0) is 4.79 Å². The molecule has 6 nitrogen and oxygen atoms in total. The molecule has 2 aliphatic heterocycles. The summed E-state index contributed by atoms with van der Waals surface area (Å²) in [6.45, 7) is 2.78. The number of ether oxygens (including phenoxy) is 2. The molecule has 1 atom stereocenters. The zero-order chi connectivity index (χ0) is 21.4. The Hall–Kier alpha value is -3.13. The number of rotatable bonds is 3. The zero-order valence-corrected chi connectivity index (χ0v) is 17.8. The average Bonchev–Trinajstić information content (AvgIpc) is 2.73. The number of nitrogens with zero attached hydrogens (tertiary/aromatic N) is 2. The Bertz CT molecular complexity index is 1050. The van der Waals surface area contributed by atoms with Gasteiger partial charge in [-0.1, -0.05) is 18.2 Å². The SMILES string of the molecule is CC1=C(C(=O)N(C)C)C(c2ccccc2F)NC(=S)N1c1ccc2c(c1)OCCO2. The minimum atomic E-state index is -0.693. The Morgan fingerprint density at radius 1 is 1.17 bits per heavy atom. The molecule has 2 aromatic carbocycles. The molecule has 156 valence electrons. The van der Waals surface area contributed by atoms with Crippen molar-refractivity contribution in [1.82, 2.24) is 10.2 Å².